The van der Waals surface area contributed by atoms with Gasteiger partial charge in [-0.3, -0.25) is 9.59 Å². The van der Waals surface area contributed by atoms with Crippen LogP contribution >= 0.6 is 0 Å². The molecule has 0 radical (unpaired) electrons. The van der Waals surface area contributed by atoms with Crippen LogP contribution in [0.1, 0.15) is 69.3 Å². The number of alkyl halides is 1. The molecule has 0 aromatic carbocycles. The Kier molecular flexibility index (Phi) is 5.23. The van der Waals surface area contributed by atoms with Crippen molar-refractivity contribution < 1.29 is 14.0 Å². The molecule has 2 aliphatic carbocycles. The van der Waals surface area contributed by atoms with Gasteiger partial charge in [-0.25, -0.2) is 13.9 Å². The number of hydrogen-bond acceptors (Lipinski definition) is 5. The van der Waals surface area contributed by atoms with Gasteiger partial charge >= 0.3 is 0 Å². The molecule has 2 saturated carbocycles. The summed E-state index contributed by atoms with van der Waals surface area (Å²) in [6.07, 6.45) is 6.08. The zero-order valence-corrected chi connectivity index (χ0v) is 18.2. The molecule has 2 aromatic rings. The third-order valence-corrected chi connectivity index (χ3v) is 7.46. The topological polar surface area (TPSA) is 91.4 Å². The van der Waals surface area contributed by atoms with E-state index in [1.807, 2.05) is 18.2 Å². The monoisotopic (exact) mass is 437 g/mol. The molecule has 3 heterocycles. The van der Waals surface area contributed by atoms with Crippen LogP contribution in [-0.2, 0) is 21.7 Å². The molecule has 0 N–H and O–H groups in total. The number of ketones is 1. The first kappa shape index (κ1) is 21.0. The average Bonchev–Trinajstić information content (AvgIpc) is 3.52. The van der Waals surface area contributed by atoms with E-state index in [1.165, 1.54) is 0 Å². The molecule has 0 bridgehead atoms. The standard InChI is InChI=1S/C24H28FN5O2/c25-24(12-10-23(11-13-24)15-29(16-23)22(32)9-14-26)19-4-2-6-21-27-20(28-30(19)21)5-1-3-18(31)17-7-8-17/h2,4,6,17H,1,3,5,7-13,15-16H2. The van der Waals surface area contributed by atoms with Crippen molar-refractivity contribution in [1.82, 2.24) is 19.5 Å². The molecular weight excluding hydrogens is 409 g/mol. The molecule has 3 aliphatic rings. The Morgan fingerprint density at radius 1 is 1.19 bits per heavy atom. The van der Waals surface area contributed by atoms with Crippen molar-refractivity contribution in [3.63, 3.8) is 0 Å². The SMILES string of the molecule is N#CCC(=O)N1CC2(CCC(F)(c3cccc4nc(CCCC(=O)C5CC5)nn34)CC2)C1. The van der Waals surface area contributed by atoms with E-state index < -0.39 is 5.67 Å². The van der Waals surface area contributed by atoms with Gasteiger partial charge in [-0.2, -0.15) is 10.4 Å². The highest BCUT2D eigenvalue weighted by Crippen LogP contribution is 2.51. The first-order valence-corrected chi connectivity index (χ1v) is 11.6. The fourth-order valence-corrected chi connectivity index (χ4v) is 5.29. The van der Waals surface area contributed by atoms with Crippen LogP contribution in [0.3, 0.4) is 0 Å². The Balaban J connectivity index is 1.24. The number of aromatic nitrogens is 3. The van der Waals surface area contributed by atoms with E-state index in [0.717, 1.165) is 19.3 Å². The van der Waals surface area contributed by atoms with Crippen LogP contribution < -0.4 is 0 Å². The normalized spacial score (nSPS) is 21.3. The Morgan fingerprint density at radius 2 is 1.94 bits per heavy atom. The van der Waals surface area contributed by atoms with Gasteiger partial charge < -0.3 is 4.90 Å². The molecule has 5 rings (SSSR count). The van der Waals surface area contributed by atoms with Crippen molar-refractivity contribution in [3.8, 4) is 6.07 Å². The number of rotatable bonds is 7. The Bertz CT molecular complexity index is 1080. The fourth-order valence-electron chi connectivity index (χ4n) is 5.29. The Hall–Kier alpha value is -2.82. The Morgan fingerprint density at radius 3 is 2.62 bits per heavy atom. The number of likely N-dealkylation sites (tertiary alicyclic amines) is 1. The van der Waals surface area contributed by atoms with E-state index in [1.54, 1.807) is 15.5 Å². The van der Waals surface area contributed by atoms with Crippen molar-refractivity contribution in [2.24, 2.45) is 11.3 Å². The second-order valence-electron chi connectivity index (χ2n) is 9.85. The minimum absolute atomic E-state index is 0.0176. The first-order valence-electron chi connectivity index (χ1n) is 11.6. The summed E-state index contributed by atoms with van der Waals surface area (Å²) in [5.74, 6) is 1.15. The molecule has 3 fully saturated rings. The molecule has 1 spiro atoms. The van der Waals surface area contributed by atoms with Gasteiger partial charge in [0.1, 0.15) is 12.2 Å². The van der Waals surface area contributed by atoms with E-state index in [-0.39, 0.29) is 23.7 Å². The molecule has 0 unspecified atom stereocenters. The zero-order valence-electron chi connectivity index (χ0n) is 18.2. The van der Waals surface area contributed by atoms with Crippen LogP contribution in [-0.4, -0.2) is 44.3 Å². The van der Waals surface area contributed by atoms with Crippen LogP contribution in [0.2, 0.25) is 0 Å². The van der Waals surface area contributed by atoms with Gasteiger partial charge in [0.15, 0.2) is 17.1 Å². The minimum atomic E-state index is -1.48. The van der Waals surface area contributed by atoms with Crippen LogP contribution in [0.5, 0.6) is 0 Å². The number of carbonyl (C=O) groups excluding carboxylic acids is 2. The third kappa shape index (κ3) is 3.89. The number of hydrogen-bond donors (Lipinski definition) is 0. The van der Waals surface area contributed by atoms with Gasteiger partial charge in [0, 0.05) is 37.3 Å². The molecule has 2 aromatic heterocycles. The van der Waals surface area contributed by atoms with E-state index in [0.29, 0.717) is 74.6 Å². The number of pyridine rings is 1. The summed E-state index contributed by atoms with van der Waals surface area (Å²) in [5, 5.41) is 13.3. The summed E-state index contributed by atoms with van der Waals surface area (Å²) >= 11 is 0. The number of nitrogens with zero attached hydrogens (tertiary/aromatic N) is 5. The summed E-state index contributed by atoms with van der Waals surface area (Å²) in [6.45, 7) is 1.25. The largest absolute Gasteiger partial charge is 0.341 e. The highest BCUT2D eigenvalue weighted by atomic mass is 19.1. The van der Waals surface area contributed by atoms with Crippen LogP contribution in [0.25, 0.3) is 5.65 Å². The van der Waals surface area contributed by atoms with Crippen LogP contribution in [0.15, 0.2) is 18.2 Å². The quantitative estimate of drug-likeness (QED) is 0.661. The highest BCUT2D eigenvalue weighted by molar-refractivity contribution is 5.83. The molecule has 168 valence electrons. The summed E-state index contributed by atoms with van der Waals surface area (Å²) in [7, 11) is 0. The van der Waals surface area contributed by atoms with Gasteiger partial charge in [0.25, 0.3) is 0 Å². The molecule has 0 atom stereocenters. The van der Waals surface area contributed by atoms with Crippen LogP contribution in [0.4, 0.5) is 4.39 Å². The first-order chi connectivity index (χ1) is 15.4. The molecule has 1 aliphatic heterocycles. The van der Waals surface area contributed by atoms with E-state index >= 15 is 4.39 Å². The smallest absolute Gasteiger partial charge is 0.236 e. The molecule has 32 heavy (non-hydrogen) atoms. The Labute approximate surface area is 186 Å². The van der Waals surface area contributed by atoms with E-state index in [4.69, 9.17) is 5.26 Å². The summed E-state index contributed by atoms with van der Waals surface area (Å²) in [6, 6.07) is 7.37. The predicted octanol–water partition coefficient (Wildman–Crippen LogP) is 3.51. The van der Waals surface area contributed by atoms with Gasteiger partial charge in [-0.05, 0) is 57.1 Å². The van der Waals surface area contributed by atoms with Crippen molar-refractivity contribution in [2.75, 3.05) is 13.1 Å². The number of nitriles is 1. The lowest BCUT2D eigenvalue weighted by atomic mass is 9.64. The number of halogens is 1. The van der Waals surface area contributed by atoms with Crippen molar-refractivity contribution in [3.05, 3.63) is 29.7 Å². The summed E-state index contributed by atoms with van der Waals surface area (Å²) in [4.78, 5) is 30.1. The zero-order chi connectivity index (χ0) is 22.3. The number of aryl methyl sites for hydroxylation is 1. The molecule has 8 heteroatoms. The maximum atomic E-state index is 16.1. The highest BCUT2D eigenvalue weighted by Gasteiger charge is 2.51. The van der Waals surface area contributed by atoms with Gasteiger partial charge in [-0.1, -0.05) is 6.07 Å². The second kappa shape index (κ2) is 7.95. The number of amides is 1. The molecule has 7 nitrogen and oxygen atoms in total. The lowest BCUT2D eigenvalue weighted by Crippen LogP contribution is -2.60. The summed E-state index contributed by atoms with van der Waals surface area (Å²) < 4.78 is 17.8. The van der Waals surface area contributed by atoms with Crippen molar-refractivity contribution in [2.45, 2.75) is 69.9 Å². The van der Waals surface area contributed by atoms with E-state index in [2.05, 4.69) is 10.1 Å². The molecule has 1 saturated heterocycles. The number of fused-ring (bicyclic) bond motifs is 1. The van der Waals surface area contributed by atoms with Gasteiger partial charge in [0.2, 0.25) is 5.91 Å². The maximum Gasteiger partial charge on any atom is 0.236 e. The lowest BCUT2D eigenvalue weighted by Gasteiger charge is -2.54. The van der Waals surface area contributed by atoms with Gasteiger partial charge in [-0.15, -0.1) is 0 Å². The third-order valence-electron chi connectivity index (χ3n) is 7.46. The van der Waals surface area contributed by atoms with Crippen LogP contribution in [0, 0.1) is 22.7 Å². The summed E-state index contributed by atoms with van der Waals surface area (Å²) in [5.41, 5.74) is -0.319. The van der Waals surface area contributed by atoms with Crippen molar-refractivity contribution >= 4 is 17.3 Å². The average molecular weight is 438 g/mol. The van der Waals surface area contributed by atoms with Gasteiger partial charge in [0.05, 0.1) is 11.8 Å². The number of carbonyl (C=O) groups is 2. The predicted molar refractivity (Wildman–Crippen MR) is 114 cm³/mol. The molecule has 1 amide bonds. The lowest BCUT2D eigenvalue weighted by molar-refractivity contribution is -0.147. The second-order valence-corrected chi connectivity index (χ2v) is 9.85. The van der Waals surface area contributed by atoms with Crippen molar-refractivity contribution in [1.29, 1.82) is 5.26 Å². The minimum Gasteiger partial charge on any atom is -0.341 e. The molecular formula is C24H28FN5O2. The fraction of sp³-hybridized carbons (Fsp3) is 0.625. The maximum absolute atomic E-state index is 16.1. The number of Topliss-reactive ketones (excluding diaryl/α,β-unsaturated/α-hetero) is 1. The van der Waals surface area contributed by atoms with E-state index in [9.17, 15) is 9.59 Å².